The summed E-state index contributed by atoms with van der Waals surface area (Å²) in [5.74, 6) is -1.38. The first-order chi connectivity index (χ1) is 9.50. The fourth-order valence-electron chi connectivity index (χ4n) is 2.62. The predicted octanol–water partition coefficient (Wildman–Crippen LogP) is 3.51. The van der Waals surface area contributed by atoms with Crippen LogP contribution in [0.5, 0.6) is 0 Å². The van der Waals surface area contributed by atoms with E-state index < -0.39 is 5.97 Å². The quantitative estimate of drug-likeness (QED) is 0.855. The number of hydrogen-bond acceptors (Lipinski definition) is 3. The minimum atomic E-state index is -1.00. The Labute approximate surface area is 118 Å². The molecule has 0 bridgehead atoms. The van der Waals surface area contributed by atoms with E-state index in [0.717, 1.165) is 12.8 Å². The summed E-state index contributed by atoms with van der Waals surface area (Å²) in [6.07, 6.45) is 5.85. The Morgan fingerprint density at radius 3 is 2.20 bits per heavy atom. The topological polar surface area (TPSA) is 63.6 Å². The highest BCUT2D eigenvalue weighted by Crippen LogP contribution is 2.35. The first kappa shape index (κ1) is 14.6. The number of carboxylic acid groups (broad SMARTS) is 1. The van der Waals surface area contributed by atoms with Gasteiger partial charge in [0.25, 0.3) is 0 Å². The average molecular weight is 276 g/mol. The predicted molar refractivity (Wildman–Crippen MR) is 74.9 cm³/mol. The van der Waals surface area contributed by atoms with Crippen molar-refractivity contribution in [3.8, 4) is 0 Å². The van der Waals surface area contributed by atoms with Crippen LogP contribution in [0.3, 0.4) is 0 Å². The Morgan fingerprint density at radius 2 is 1.65 bits per heavy atom. The normalized spacial score (nSPS) is 17.4. The third kappa shape index (κ3) is 3.59. The largest absolute Gasteiger partial charge is 0.478 e. The van der Waals surface area contributed by atoms with E-state index in [1.807, 2.05) is 0 Å². The van der Waals surface area contributed by atoms with E-state index in [9.17, 15) is 9.59 Å². The van der Waals surface area contributed by atoms with Crippen LogP contribution in [-0.2, 0) is 4.74 Å². The summed E-state index contributed by atoms with van der Waals surface area (Å²) < 4.78 is 5.38. The van der Waals surface area contributed by atoms with Crippen molar-refractivity contribution >= 4 is 11.9 Å². The van der Waals surface area contributed by atoms with Crippen LogP contribution in [0.4, 0.5) is 0 Å². The number of esters is 1. The molecule has 1 saturated carbocycles. The number of carbonyl (C=O) groups excluding carboxylic acids is 1. The van der Waals surface area contributed by atoms with Gasteiger partial charge in [-0.05, 0) is 37.1 Å². The molecule has 1 aromatic carbocycles. The Morgan fingerprint density at radius 1 is 1.10 bits per heavy atom. The summed E-state index contributed by atoms with van der Waals surface area (Å²) in [5, 5.41) is 8.81. The molecular formula is C16H20O4. The Kier molecular flexibility index (Phi) is 4.42. The lowest BCUT2D eigenvalue weighted by Gasteiger charge is -2.32. The van der Waals surface area contributed by atoms with Gasteiger partial charge < -0.3 is 9.84 Å². The zero-order valence-electron chi connectivity index (χ0n) is 11.7. The first-order valence-corrected chi connectivity index (χ1v) is 7.01. The summed E-state index contributed by atoms with van der Waals surface area (Å²) in [5.41, 5.74) is 0.657. The van der Waals surface area contributed by atoms with Crippen molar-refractivity contribution in [1.29, 1.82) is 0 Å². The van der Waals surface area contributed by atoms with Crippen LogP contribution in [0.2, 0.25) is 0 Å². The van der Waals surface area contributed by atoms with Gasteiger partial charge in [0.2, 0.25) is 0 Å². The standard InChI is InChI=1S/C16H20O4/c1-16(9-3-2-4-10-16)11-20-15(19)13-7-5-12(6-8-13)14(17)18/h5-8H,2-4,9-11H2,1H3,(H,17,18). The minimum Gasteiger partial charge on any atom is -0.478 e. The van der Waals surface area contributed by atoms with Gasteiger partial charge in [0.05, 0.1) is 17.7 Å². The van der Waals surface area contributed by atoms with Gasteiger partial charge in [-0.1, -0.05) is 26.2 Å². The summed E-state index contributed by atoms with van der Waals surface area (Å²) in [6.45, 7) is 2.60. The van der Waals surface area contributed by atoms with Gasteiger partial charge in [-0.25, -0.2) is 9.59 Å². The molecule has 1 fully saturated rings. The number of ether oxygens (including phenoxy) is 1. The molecule has 20 heavy (non-hydrogen) atoms. The van der Waals surface area contributed by atoms with E-state index in [2.05, 4.69) is 6.92 Å². The smallest absolute Gasteiger partial charge is 0.338 e. The summed E-state index contributed by atoms with van der Waals surface area (Å²) in [6, 6.07) is 5.83. The van der Waals surface area contributed by atoms with Crippen molar-refractivity contribution < 1.29 is 19.4 Å². The van der Waals surface area contributed by atoms with Crippen LogP contribution < -0.4 is 0 Å². The maximum absolute atomic E-state index is 11.9. The second kappa shape index (κ2) is 6.07. The minimum absolute atomic E-state index is 0.0922. The fraction of sp³-hybridized carbons (Fsp3) is 0.500. The Balaban J connectivity index is 1.92. The highest BCUT2D eigenvalue weighted by atomic mass is 16.5. The molecule has 0 saturated heterocycles. The van der Waals surface area contributed by atoms with Gasteiger partial charge in [0, 0.05) is 5.41 Å². The van der Waals surface area contributed by atoms with Crippen LogP contribution in [0.25, 0.3) is 0 Å². The molecule has 1 aliphatic rings. The van der Waals surface area contributed by atoms with Crippen molar-refractivity contribution in [3.05, 3.63) is 35.4 Å². The van der Waals surface area contributed by atoms with Gasteiger partial charge in [-0.3, -0.25) is 0 Å². The van der Waals surface area contributed by atoms with E-state index in [0.29, 0.717) is 12.2 Å². The molecule has 0 aromatic heterocycles. The summed E-state index contributed by atoms with van der Waals surface area (Å²) in [7, 11) is 0. The second-order valence-electron chi connectivity index (χ2n) is 5.83. The fourth-order valence-corrected chi connectivity index (χ4v) is 2.62. The molecular weight excluding hydrogens is 256 g/mol. The van der Waals surface area contributed by atoms with Crippen molar-refractivity contribution in [2.75, 3.05) is 6.61 Å². The summed E-state index contributed by atoms with van der Waals surface area (Å²) in [4.78, 5) is 22.7. The molecule has 108 valence electrons. The maximum Gasteiger partial charge on any atom is 0.338 e. The molecule has 4 nitrogen and oxygen atoms in total. The van der Waals surface area contributed by atoms with Gasteiger partial charge in [0.1, 0.15) is 0 Å². The number of aromatic carboxylic acids is 1. The zero-order chi connectivity index (χ0) is 14.6. The lowest BCUT2D eigenvalue weighted by atomic mass is 9.76. The van der Waals surface area contributed by atoms with Crippen molar-refractivity contribution in [1.82, 2.24) is 0 Å². The highest BCUT2D eigenvalue weighted by Gasteiger charge is 2.28. The molecule has 0 amide bonds. The number of benzene rings is 1. The molecule has 2 rings (SSSR count). The van der Waals surface area contributed by atoms with Gasteiger partial charge in [0.15, 0.2) is 0 Å². The molecule has 0 spiro atoms. The second-order valence-corrected chi connectivity index (χ2v) is 5.83. The van der Waals surface area contributed by atoms with Crippen LogP contribution in [-0.4, -0.2) is 23.7 Å². The number of carboxylic acids is 1. The number of hydrogen-bond donors (Lipinski definition) is 1. The van der Waals surface area contributed by atoms with Crippen LogP contribution in [0.15, 0.2) is 24.3 Å². The molecule has 0 heterocycles. The molecule has 0 aliphatic heterocycles. The summed E-state index contributed by atoms with van der Waals surface area (Å²) >= 11 is 0. The highest BCUT2D eigenvalue weighted by molar-refractivity contribution is 5.92. The Bertz CT molecular complexity index is 484. The van der Waals surface area contributed by atoms with Gasteiger partial charge in [-0.15, -0.1) is 0 Å². The molecule has 0 radical (unpaired) electrons. The third-order valence-corrected chi connectivity index (χ3v) is 3.98. The number of rotatable bonds is 4. The van der Waals surface area contributed by atoms with Crippen molar-refractivity contribution in [2.45, 2.75) is 39.0 Å². The van der Waals surface area contributed by atoms with E-state index in [1.54, 1.807) is 0 Å². The van der Waals surface area contributed by atoms with E-state index in [-0.39, 0.29) is 16.9 Å². The van der Waals surface area contributed by atoms with E-state index >= 15 is 0 Å². The monoisotopic (exact) mass is 276 g/mol. The van der Waals surface area contributed by atoms with Crippen LogP contribution in [0, 0.1) is 5.41 Å². The van der Waals surface area contributed by atoms with Crippen LogP contribution >= 0.6 is 0 Å². The maximum atomic E-state index is 11.9. The van der Waals surface area contributed by atoms with E-state index in [4.69, 9.17) is 9.84 Å². The average Bonchev–Trinajstić information content (AvgIpc) is 2.46. The molecule has 0 atom stereocenters. The van der Waals surface area contributed by atoms with Gasteiger partial charge >= 0.3 is 11.9 Å². The Hall–Kier alpha value is -1.84. The zero-order valence-corrected chi connectivity index (χ0v) is 11.7. The third-order valence-electron chi connectivity index (χ3n) is 3.98. The molecule has 1 aromatic rings. The lowest BCUT2D eigenvalue weighted by molar-refractivity contribution is 0.0229. The molecule has 4 heteroatoms. The van der Waals surface area contributed by atoms with Gasteiger partial charge in [-0.2, -0.15) is 0 Å². The molecule has 1 aliphatic carbocycles. The van der Waals surface area contributed by atoms with E-state index in [1.165, 1.54) is 43.5 Å². The molecule has 1 N–H and O–H groups in total. The molecule has 0 unspecified atom stereocenters. The van der Waals surface area contributed by atoms with Crippen LogP contribution in [0.1, 0.15) is 59.7 Å². The first-order valence-electron chi connectivity index (χ1n) is 7.01. The van der Waals surface area contributed by atoms with Crippen molar-refractivity contribution in [3.63, 3.8) is 0 Å². The SMILES string of the molecule is CC1(COC(=O)c2ccc(C(=O)O)cc2)CCCCC1. The number of carbonyl (C=O) groups is 2. The lowest BCUT2D eigenvalue weighted by Crippen LogP contribution is -2.27. The van der Waals surface area contributed by atoms with Crippen molar-refractivity contribution in [2.24, 2.45) is 5.41 Å².